The van der Waals surface area contributed by atoms with Crippen molar-refractivity contribution in [3.05, 3.63) is 94.0 Å². The summed E-state index contributed by atoms with van der Waals surface area (Å²) in [6.07, 6.45) is 1.34. The highest BCUT2D eigenvalue weighted by molar-refractivity contribution is 9.10. The number of carbonyl (C=O) groups is 4. The number of aryl methyl sites for hydroxylation is 1. The van der Waals surface area contributed by atoms with Crippen LogP contribution >= 0.6 is 15.9 Å². The number of imide groups is 2. The summed E-state index contributed by atoms with van der Waals surface area (Å²) in [5, 5.41) is 4.97. The topological polar surface area (TPSA) is 105 Å². The Morgan fingerprint density at radius 3 is 2.43 bits per heavy atom. The first-order valence-corrected chi connectivity index (χ1v) is 11.4. The van der Waals surface area contributed by atoms with Crippen molar-refractivity contribution in [3.63, 3.8) is 0 Å². The second-order valence-electron chi connectivity index (χ2n) is 7.62. The van der Waals surface area contributed by atoms with Crippen molar-refractivity contribution >= 4 is 57.1 Å². The average molecular weight is 534 g/mol. The van der Waals surface area contributed by atoms with Gasteiger partial charge in [-0.2, -0.15) is 0 Å². The van der Waals surface area contributed by atoms with E-state index >= 15 is 0 Å². The maximum atomic E-state index is 13.1. The fraction of sp³-hybridized carbons (Fsp3) is 0.0769. The van der Waals surface area contributed by atoms with E-state index in [1.807, 2.05) is 25.1 Å². The van der Waals surface area contributed by atoms with Crippen LogP contribution < -0.4 is 20.3 Å². The van der Waals surface area contributed by atoms with Crippen LogP contribution in [0, 0.1) is 6.92 Å². The smallest absolute Gasteiger partial charge is 0.335 e. The molecule has 5 amide bonds. The van der Waals surface area contributed by atoms with Crippen LogP contribution in [-0.4, -0.2) is 30.4 Å². The van der Waals surface area contributed by atoms with Crippen molar-refractivity contribution < 1.29 is 23.9 Å². The molecule has 0 bridgehead atoms. The molecule has 0 unspecified atom stereocenters. The van der Waals surface area contributed by atoms with Gasteiger partial charge in [-0.1, -0.05) is 52.3 Å². The predicted octanol–water partition coefficient (Wildman–Crippen LogP) is 4.44. The summed E-state index contributed by atoms with van der Waals surface area (Å²) in [4.78, 5) is 51.3. The van der Waals surface area contributed by atoms with Crippen LogP contribution in [0.3, 0.4) is 0 Å². The van der Waals surface area contributed by atoms with Gasteiger partial charge in [-0.05, 0) is 55.0 Å². The highest BCUT2D eigenvalue weighted by Crippen LogP contribution is 2.26. The van der Waals surface area contributed by atoms with Crippen LogP contribution in [0.15, 0.2) is 82.8 Å². The molecule has 0 saturated carbocycles. The van der Waals surface area contributed by atoms with Crippen LogP contribution in [0.4, 0.5) is 16.2 Å². The summed E-state index contributed by atoms with van der Waals surface area (Å²) in [6.45, 7) is 1.60. The van der Waals surface area contributed by atoms with Gasteiger partial charge in [0.25, 0.3) is 17.7 Å². The molecule has 176 valence electrons. The Hall–Kier alpha value is -4.24. The van der Waals surface area contributed by atoms with Gasteiger partial charge in [0.15, 0.2) is 6.61 Å². The van der Waals surface area contributed by atoms with E-state index in [4.69, 9.17) is 4.74 Å². The molecule has 0 spiro atoms. The first-order chi connectivity index (χ1) is 16.8. The van der Waals surface area contributed by atoms with Crippen molar-refractivity contribution in [1.82, 2.24) is 5.32 Å². The molecule has 3 aromatic rings. The number of hydrogen-bond acceptors (Lipinski definition) is 5. The number of nitrogens with zero attached hydrogens (tertiary/aromatic N) is 1. The molecule has 35 heavy (non-hydrogen) atoms. The van der Waals surface area contributed by atoms with Crippen LogP contribution in [0.1, 0.15) is 11.1 Å². The maximum absolute atomic E-state index is 13.1. The number of anilines is 2. The Labute approximate surface area is 209 Å². The lowest BCUT2D eigenvalue weighted by atomic mass is 10.1. The Kier molecular flexibility index (Phi) is 7.07. The normalized spacial score (nSPS) is 14.6. The molecular weight excluding hydrogens is 514 g/mol. The van der Waals surface area contributed by atoms with Crippen LogP contribution in [-0.2, 0) is 14.4 Å². The molecule has 1 heterocycles. The number of para-hydroxylation sites is 2. The van der Waals surface area contributed by atoms with Gasteiger partial charge in [-0.3, -0.25) is 19.7 Å². The number of rotatable bonds is 6. The lowest BCUT2D eigenvalue weighted by Crippen LogP contribution is -2.54. The molecule has 1 aliphatic heterocycles. The Morgan fingerprint density at radius 2 is 1.69 bits per heavy atom. The third-order valence-corrected chi connectivity index (χ3v) is 5.71. The summed E-state index contributed by atoms with van der Waals surface area (Å²) in [5.74, 6) is -1.65. The Bertz CT molecular complexity index is 1350. The minimum atomic E-state index is -0.836. The highest BCUT2D eigenvalue weighted by atomic mass is 79.9. The molecule has 0 aliphatic carbocycles. The van der Waals surface area contributed by atoms with E-state index in [9.17, 15) is 19.2 Å². The van der Waals surface area contributed by atoms with E-state index < -0.39 is 17.8 Å². The van der Waals surface area contributed by atoms with E-state index in [0.29, 0.717) is 22.7 Å². The third-order valence-electron chi connectivity index (χ3n) is 5.18. The molecular formula is C26H20BrN3O5. The lowest BCUT2D eigenvalue weighted by molar-refractivity contribution is -0.122. The van der Waals surface area contributed by atoms with E-state index in [0.717, 1.165) is 14.9 Å². The molecule has 8 nitrogen and oxygen atoms in total. The van der Waals surface area contributed by atoms with Crippen LogP contribution in [0.25, 0.3) is 6.08 Å². The van der Waals surface area contributed by atoms with Gasteiger partial charge < -0.3 is 10.1 Å². The molecule has 0 atom stereocenters. The number of carbonyl (C=O) groups excluding carboxylic acids is 4. The van der Waals surface area contributed by atoms with Crippen molar-refractivity contribution in [3.8, 4) is 5.75 Å². The molecule has 4 rings (SSSR count). The molecule has 9 heteroatoms. The molecule has 0 aromatic heterocycles. The van der Waals surface area contributed by atoms with Gasteiger partial charge in [0.2, 0.25) is 0 Å². The summed E-state index contributed by atoms with van der Waals surface area (Å²) in [7, 11) is 0. The zero-order valence-electron chi connectivity index (χ0n) is 18.6. The zero-order valence-corrected chi connectivity index (χ0v) is 20.2. The quantitative estimate of drug-likeness (QED) is 0.360. The second-order valence-corrected chi connectivity index (χ2v) is 8.54. The van der Waals surface area contributed by atoms with E-state index in [1.165, 1.54) is 6.08 Å². The fourth-order valence-corrected chi connectivity index (χ4v) is 3.68. The lowest BCUT2D eigenvalue weighted by Gasteiger charge is -2.26. The van der Waals surface area contributed by atoms with Gasteiger partial charge in [-0.25, -0.2) is 9.69 Å². The molecule has 0 radical (unpaired) electrons. The van der Waals surface area contributed by atoms with Crippen LogP contribution in [0.2, 0.25) is 0 Å². The summed E-state index contributed by atoms with van der Waals surface area (Å²) in [5.41, 5.74) is 2.07. The second kappa shape index (κ2) is 10.4. The molecule has 1 saturated heterocycles. The predicted molar refractivity (Wildman–Crippen MR) is 135 cm³/mol. The third kappa shape index (κ3) is 5.47. The van der Waals surface area contributed by atoms with Gasteiger partial charge in [0, 0.05) is 15.7 Å². The molecule has 2 N–H and O–H groups in total. The van der Waals surface area contributed by atoms with Crippen molar-refractivity contribution in [2.75, 3.05) is 16.8 Å². The first-order valence-electron chi connectivity index (χ1n) is 10.6. The monoisotopic (exact) mass is 533 g/mol. The number of nitrogens with one attached hydrogen (secondary N) is 2. The van der Waals surface area contributed by atoms with Gasteiger partial charge in [0.1, 0.15) is 11.3 Å². The van der Waals surface area contributed by atoms with Crippen molar-refractivity contribution in [2.45, 2.75) is 6.92 Å². The number of ether oxygens (including phenoxy) is 1. The van der Waals surface area contributed by atoms with E-state index in [-0.39, 0.29) is 18.1 Å². The van der Waals surface area contributed by atoms with E-state index in [2.05, 4.69) is 26.6 Å². The number of halogens is 1. The van der Waals surface area contributed by atoms with Crippen molar-refractivity contribution in [2.24, 2.45) is 0 Å². The molecule has 1 fully saturated rings. The number of amides is 5. The summed E-state index contributed by atoms with van der Waals surface area (Å²) < 4.78 is 6.46. The standard InChI is InChI=1S/C26H20BrN3O5/c1-16-6-2-4-8-21(16)28-23(31)15-35-22-9-5-3-7-17(22)14-20-24(32)29-26(34)30(25(20)33)19-12-10-18(27)11-13-19/h2-14H,15H2,1H3,(H,28,31)(H,29,32,34)/b20-14+. The molecule has 1 aliphatic rings. The highest BCUT2D eigenvalue weighted by Gasteiger charge is 2.37. The number of barbiturate groups is 1. The number of urea groups is 1. The number of benzene rings is 3. The van der Waals surface area contributed by atoms with Crippen molar-refractivity contribution in [1.29, 1.82) is 0 Å². The minimum Gasteiger partial charge on any atom is -0.483 e. The molecule has 3 aromatic carbocycles. The largest absolute Gasteiger partial charge is 0.483 e. The summed E-state index contributed by atoms with van der Waals surface area (Å²) >= 11 is 3.31. The Balaban J connectivity index is 1.55. The van der Waals surface area contributed by atoms with Gasteiger partial charge in [0.05, 0.1) is 5.69 Å². The van der Waals surface area contributed by atoms with Gasteiger partial charge >= 0.3 is 6.03 Å². The minimum absolute atomic E-state index is 0.243. The SMILES string of the molecule is Cc1ccccc1NC(=O)COc1ccccc1/C=C1\C(=O)NC(=O)N(c2ccc(Br)cc2)C1=O. The van der Waals surface area contributed by atoms with E-state index in [1.54, 1.807) is 54.6 Å². The van der Waals surface area contributed by atoms with Gasteiger partial charge in [-0.15, -0.1) is 0 Å². The number of hydrogen-bond donors (Lipinski definition) is 2. The first kappa shape index (κ1) is 23.9. The summed E-state index contributed by atoms with van der Waals surface area (Å²) in [6, 6.07) is 19.7. The maximum Gasteiger partial charge on any atom is 0.335 e. The average Bonchev–Trinajstić information content (AvgIpc) is 2.83. The zero-order chi connectivity index (χ0) is 24.9. The Morgan fingerprint density at radius 1 is 1.00 bits per heavy atom. The van der Waals surface area contributed by atoms with Crippen LogP contribution in [0.5, 0.6) is 5.75 Å². The fourth-order valence-electron chi connectivity index (χ4n) is 3.41.